The van der Waals surface area contributed by atoms with Crippen LogP contribution < -0.4 is 0 Å². The highest BCUT2D eigenvalue weighted by Crippen LogP contribution is 2.22. The Kier molecular flexibility index (Phi) is 2.88. The van der Waals surface area contributed by atoms with Gasteiger partial charge in [0.15, 0.2) is 10.4 Å². The minimum atomic E-state index is -0.411. The average Bonchev–Trinajstić information content (AvgIpc) is 2.63. The van der Waals surface area contributed by atoms with Crippen LogP contribution in [0.2, 0.25) is 5.02 Å². The highest BCUT2D eigenvalue weighted by atomic mass is 35.5. The number of nitrogens with zero attached hydrogens (tertiary/aromatic N) is 2. The molecule has 0 aliphatic rings. The summed E-state index contributed by atoms with van der Waals surface area (Å²) in [6.45, 7) is 1.89. The van der Waals surface area contributed by atoms with E-state index in [1.807, 2.05) is 19.1 Å². The number of H-pyrrole nitrogens is 1. The lowest BCUT2D eigenvalue weighted by atomic mass is 10.3. The molecule has 0 unspecified atom stereocenters. The lowest BCUT2D eigenvalue weighted by molar-refractivity contribution is 0.626. The summed E-state index contributed by atoms with van der Waals surface area (Å²) in [5, 5.41) is 0.318. The van der Waals surface area contributed by atoms with E-state index >= 15 is 0 Å². The maximum atomic E-state index is 13.5. The van der Waals surface area contributed by atoms with Gasteiger partial charge in [0.2, 0.25) is 0 Å². The van der Waals surface area contributed by atoms with Crippen molar-refractivity contribution in [3.8, 4) is 5.69 Å². The molecular weight excluding hydrogens is 285 g/mol. The molecule has 0 saturated heterocycles. The molecule has 0 saturated carbocycles. The van der Waals surface area contributed by atoms with Crippen molar-refractivity contribution in [1.29, 1.82) is 0 Å². The fourth-order valence-electron chi connectivity index (χ4n) is 1.99. The average molecular weight is 294 g/mol. The van der Waals surface area contributed by atoms with Gasteiger partial charge in [0.1, 0.15) is 5.82 Å². The van der Waals surface area contributed by atoms with Crippen molar-refractivity contribution in [3.63, 3.8) is 0 Å². The topological polar surface area (TPSA) is 33.6 Å². The standard InChI is InChI=1S/C13H9ClFN3S/c1-7-2-3-11-12(16-7)18(13(19)17-11)10-5-8(14)4-9(15)6-10/h2-6H,1H3,(H,17,19). The van der Waals surface area contributed by atoms with Crippen molar-refractivity contribution in [1.82, 2.24) is 14.5 Å². The first-order valence-corrected chi connectivity index (χ1v) is 6.38. The maximum Gasteiger partial charge on any atom is 0.184 e. The molecule has 0 aliphatic heterocycles. The number of aromatic amines is 1. The van der Waals surface area contributed by atoms with Crippen molar-refractivity contribution in [2.75, 3.05) is 0 Å². The van der Waals surface area contributed by atoms with Crippen LogP contribution in [0.4, 0.5) is 4.39 Å². The molecule has 96 valence electrons. The van der Waals surface area contributed by atoms with Gasteiger partial charge in [0.05, 0.1) is 11.2 Å². The summed E-state index contributed by atoms with van der Waals surface area (Å²) in [6.07, 6.45) is 0. The zero-order valence-electron chi connectivity index (χ0n) is 9.95. The van der Waals surface area contributed by atoms with E-state index in [4.69, 9.17) is 23.8 Å². The van der Waals surface area contributed by atoms with Gasteiger partial charge < -0.3 is 4.98 Å². The summed E-state index contributed by atoms with van der Waals surface area (Å²) < 4.78 is 15.6. The van der Waals surface area contributed by atoms with E-state index < -0.39 is 5.82 Å². The number of pyridine rings is 1. The second-order valence-electron chi connectivity index (χ2n) is 4.22. The van der Waals surface area contributed by atoms with Crippen LogP contribution in [-0.2, 0) is 0 Å². The van der Waals surface area contributed by atoms with Crippen molar-refractivity contribution < 1.29 is 4.39 Å². The number of aryl methyl sites for hydroxylation is 1. The summed E-state index contributed by atoms with van der Waals surface area (Å²) in [5.41, 5.74) is 2.87. The number of fused-ring (bicyclic) bond motifs is 1. The molecule has 0 aliphatic carbocycles. The highest BCUT2D eigenvalue weighted by Gasteiger charge is 2.09. The van der Waals surface area contributed by atoms with Gasteiger partial charge in [-0.15, -0.1) is 0 Å². The maximum absolute atomic E-state index is 13.5. The molecule has 2 heterocycles. The molecule has 3 rings (SSSR count). The van der Waals surface area contributed by atoms with Crippen molar-refractivity contribution in [2.24, 2.45) is 0 Å². The van der Waals surface area contributed by atoms with Crippen molar-refractivity contribution >= 4 is 35.0 Å². The molecule has 6 heteroatoms. The third-order valence-corrected chi connectivity index (χ3v) is 3.28. The number of hydrogen-bond acceptors (Lipinski definition) is 2. The second-order valence-corrected chi connectivity index (χ2v) is 5.04. The highest BCUT2D eigenvalue weighted by molar-refractivity contribution is 7.71. The Morgan fingerprint density at radius 2 is 2.11 bits per heavy atom. The van der Waals surface area contributed by atoms with Gasteiger partial charge in [-0.2, -0.15) is 0 Å². The Morgan fingerprint density at radius 3 is 2.84 bits per heavy atom. The molecule has 0 fully saturated rings. The van der Waals surface area contributed by atoms with Crippen LogP contribution in [0.5, 0.6) is 0 Å². The fraction of sp³-hybridized carbons (Fsp3) is 0.0769. The summed E-state index contributed by atoms with van der Waals surface area (Å²) in [5.74, 6) is -0.411. The second kappa shape index (κ2) is 4.43. The third-order valence-electron chi connectivity index (χ3n) is 2.78. The molecular formula is C13H9ClFN3S. The van der Waals surface area contributed by atoms with E-state index in [0.717, 1.165) is 11.2 Å². The first-order valence-electron chi connectivity index (χ1n) is 5.59. The summed E-state index contributed by atoms with van der Waals surface area (Å²) in [4.78, 5) is 7.47. The Bertz CT molecular complexity index is 817. The van der Waals surface area contributed by atoms with Gasteiger partial charge in [0, 0.05) is 10.7 Å². The minimum absolute atomic E-state index is 0.318. The van der Waals surface area contributed by atoms with Crippen molar-refractivity contribution in [2.45, 2.75) is 6.92 Å². The number of benzene rings is 1. The van der Waals surface area contributed by atoms with Gasteiger partial charge in [-0.25, -0.2) is 9.37 Å². The molecule has 19 heavy (non-hydrogen) atoms. The predicted octanol–water partition coefficient (Wildman–Crippen LogP) is 4.18. The van der Waals surface area contributed by atoms with Gasteiger partial charge in [0.25, 0.3) is 0 Å². The SMILES string of the molecule is Cc1ccc2[nH]c(=S)n(-c3cc(F)cc(Cl)c3)c2n1. The van der Waals surface area contributed by atoms with Crippen LogP contribution >= 0.6 is 23.8 Å². The molecule has 3 aromatic rings. The van der Waals surface area contributed by atoms with Crippen LogP contribution in [0.15, 0.2) is 30.3 Å². The first kappa shape index (κ1) is 12.3. The van der Waals surface area contributed by atoms with Gasteiger partial charge in [-0.3, -0.25) is 4.57 Å². The lowest BCUT2D eigenvalue weighted by Crippen LogP contribution is -1.97. The summed E-state index contributed by atoms with van der Waals surface area (Å²) in [7, 11) is 0. The largest absolute Gasteiger partial charge is 0.329 e. The summed E-state index contributed by atoms with van der Waals surface area (Å²) in [6, 6.07) is 8.06. The Labute approximate surface area is 118 Å². The van der Waals surface area contributed by atoms with Gasteiger partial charge >= 0.3 is 0 Å². The monoisotopic (exact) mass is 293 g/mol. The molecule has 0 amide bonds. The Balaban J connectivity index is 2.38. The van der Waals surface area contributed by atoms with Gasteiger partial charge in [-0.05, 0) is 49.5 Å². The molecule has 3 nitrogen and oxygen atoms in total. The van der Waals surface area contributed by atoms with E-state index in [-0.39, 0.29) is 0 Å². The smallest absolute Gasteiger partial charge is 0.184 e. The third kappa shape index (κ3) is 2.15. The minimum Gasteiger partial charge on any atom is -0.329 e. The molecule has 0 radical (unpaired) electrons. The molecule has 2 aromatic heterocycles. The number of hydrogen-bond donors (Lipinski definition) is 1. The van der Waals surface area contributed by atoms with Crippen LogP contribution in [0.1, 0.15) is 5.69 Å². The Hall–Kier alpha value is -1.72. The van der Waals surface area contributed by atoms with Crippen molar-refractivity contribution in [3.05, 3.63) is 51.6 Å². The zero-order valence-corrected chi connectivity index (χ0v) is 11.5. The number of nitrogens with one attached hydrogen (secondary N) is 1. The quantitative estimate of drug-likeness (QED) is 0.683. The molecule has 0 bridgehead atoms. The fourth-order valence-corrected chi connectivity index (χ4v) is 2.50. The number of imidazole rings is 1. The van der Waals surface area contributed by atoms with E-state index in [9.17, 15) is 4.39 Å². The normalized spacial score (nSPS) is 11.1. The molecule has 0 atom stereocenters. The van der Waals surface area contributed by atoms with E-state index in [1.165, 1.54) is 12.1 Å². The van der Waals surface area contributed by atoms with Crippen LogP contribution in [0.3, 0.4) is 0 Å². The zero-order chi connectivity index (χ0) is 13.6. The van der Waals surface area contributed by atoms with Gasteiger partial charge in [-0.1, -0.05) is 11.6 Å². The number of halogens is 2. The lowest BCUT2D eigenvalue weighted by Gasteiger charge is -2.05. The van der Waals surface area contributed by atoms with E-state index in [1.54, 1.807) is 10.6 Å². The molecule has 1 aromatic carbocycles. The molecule has 0 spiro atoms. The number of rotatable bonds is 1. The summed E-state index contributed by atoms with van der Waals surface area (Å²) >= 11 is 11.2. The Morgan fingerprint density at radius 1 is 1.32 bits per heavy atom. The number of aromatic nitrogens is 3. The van der Waals surface area contributed by atoms with E-state index in [0.29, 0.717) is 21.1 Å². The van der Waals surface area contributed by atoms with Crippen LogP contribution in [0.25, 0.3) is 16.9 Å². The molecule has 1 N–H and O–H groups in total. The predicted molar refractivity (Wildman–Crippen MR) is 76.0 cm³/mol. The van der Waals surface area contributed by atoms with Crippen LogP contribution in [-0.4, -0.2) is 14.5 Å². The van der Waals surface area contributed by atoms with E-state index in [2.05, 4.69) is 9.97 Å². The van der Waals surface area contributed by atoms with Crippen LogP contribution in [0, 0.1) is 17.5 Å². The first-order chi connectivity index (χ1) is 9.04.